The average molecular weight is 201 g/mol. The third-order valence-electron chi connectivity index (χ3n) is 3.37. The molecule has 1 saturated heterocycles. The fraction of sp³-hybridized carbons (Fsp3) is 1.00. The second-order valence-corrected chi connectivity index (χ2v) is 4.61. The predicted molar refractivity (Wildman–Crippen MR) is 57.3 cm³/mol. The number of hydrogen-bond donors (Lipinski definition) is 2. The van der Waals surface area contributed by atoms with Gasteiger partial charge in [-0.3, -0.25) is 0 Å². The van der Waals surface area contributed by atoms with E-state index in [1.165, 1.54) is 0 Å². The lowest BCUT2D eigenvalue weighted by atomic mass is 9.81. The Bertz CT molecular complexity index is 169. The van der Waals surface area contributed by atoms with Crippen LogP contribution in [0.4, 0.5) is 0 Å². The molecule has 0 radical (unpaired) electrons. The van der Waals surface area contributed by atoms with Crippen LogP contribution in [0.5, 0.6) is 0 Å². The topological polar surface area (TPSA) is 41.5 Å². The molecule has 3 heteroatoms. The zero-order chi connectivity index (χ0) is 10.6. The van der Waals surface area contributed by atoms with Gasteiger partial charge in [0.25, 0.3) is 0 Å². The molecule has 0 aromatic rings. The third kappa shape index (κ3) is 2.69. The highest BCUT2D eigenvalue weighted by Crippen LogP contribution is 2.30. The van der Waals surface area contributed by atoms with E-state index in [0.29, 0.717) is 12.0 Å². The number of nitrogens with one attached hydrogen (secondary N) is 1. The quantitative estimate of drug-likeness (QED) is 0.717. The summed E-state index contributed by atoms with van der Waals surface area (Å²) in [6.07, 6.45) is 3.19. The van der Waals surface area contributed by atoms with Crippen molar-refractivity contribution in [3.05, 3.63) is 0 Å². The highest BCUT2D eigenvalue weighted by molar-refractivity contribution is 4.92. The van der Waals surface area contributed by atoms with Crippen molar-refractivity contribution in [2.75, 3.05) is 20.3 Å². The molecule has 84 valence electrons. The van der Waals surface area contributed by atoms with Gasteiger partial charge in [-0.2, -0.15) is 0 Å². The van der Waals surface area contributed by atoms with E-state index < -0.39 is 0 Å². The first-order valence-corrected chi connectivity index (χ1v) is 5.55. The van der Waals surface area contributed by atoms with Crippen molar-refractivity contribution in [3.8, 4) is 0 Å². The smallest absolute Gasteiger partial charge is 0.0615 e. The van der Waals surface area contributed by atoms with E-state index in [0.717, 1.165) is 25.9 Å². The Kier molecular flexibility index (Phi) is 4.35. The summed E-state index contributed by atoms with van der Waals surface area (Å²) < 4.78 is 5.72. The molecule has 0 spiro atoms. The molecule has 0 bridgehead atoms. The van der Waals surface area contributed by atoms with E-state index in [4.69, 9.17) is 9.84 Å². The average Bonchev–Trinajstić information content (AvgIpc) is 2.18. The Morgan fingerprint density at radius 2 is 2.29 bits per heavy atom. The van der Waals surface area contributed by atoms with E-state index in [1.54, 1.807) is 0 Å². The number of ether oxygens (including phenoxy) is 1. The Labute approximate surface area is 86.8 Å². The van der Waals surface area contributed by atoms with Gasteiger partial charge in [0.05, 0.1) is 6.10 Å². The van der Waals surface area contributed by atoms with Gasteiger partial charge in [0.15, 0.2) is 0 Å². The van der Waals surface area contributed by atoms with Crippen LogP contribution >= 0.6 is 0 Å². The lowest BCUT2D eigenvalue weighted by Gasteiger charge is -2.42. The molecule has 2 N–H and O–H groups in total. The van der Waals surface area contributed by atoms with E-state index in [2.05, 4.69) is 19.2 Å². The first-order valence-electron chi connectivity index (χ1n) is 5.55. The minimum atomic E-state index is 0.0991. The summed E-state index contributed by atoms with van der Waals surface area (Å²) in [4.78, 5) is 0. The van der Waals surface area contributed by atoms with Gasteiger partial charge < -0.3 is 15.2 Å². The van der Waals surface area contributed by atoms with Gasteiger partial charge in [-0.25, -0.2) is 0 Å². The van der Waals surface area contributed by atoms with Gasteiger partial charge in [0, 0.05) is 18.8 Å². The van der Waals surface area contributed by atoms with Crippen molar-refractivity contribution in [1.29, 1.82) is 0 Å². The summed E-state index contributed by atoms with van der Waals surface area (Å²) in [7, 11) is 1.98. The van der Waals surface area contributed by atoms with Gasteiger partial charge in [-0.1, -0.05) is 13.8 Å². The molecule has 1 aliphatic heterocycles. The van der Waals surface area contributed by atoms with Crippen molar-refractivity contribution in [1.82, 2.24) is 5.32 Å². The van der Waals surface area contributed by atoms with Crippen molar-refractivity contribution in [2.45, 2.75) is 44.8 Å². The summed E-state index contributed by atoms with van der Waals surface area (Å²) in [6, 6.07) is 0. The van der Waals surface area contributed by atoms with E-state index in [1.807, 2.05) is 7.05 Å². The Morgan fingerprint density at radius 1 is 1.57 bits per heavy atom. The zero-order valence-electron chi connectivity index (χ0n) is 9.55. The molecule has 1 aliphatic rings. The van der Waals surface area contributed by atoms with E-state index in [-0.39, 0.29) is 12.1 Å². The summed E-state index contributed by atoms with van der Waals surface area (Å²) in [5.41, 5.74) is 0.0991. The molecular formula is C11H23NO2. The number of aliphatic hydroxyl groups is 1. The molecule has 14 heavy (non-hydrogen) atoms. The SMILES string of the molecule is CNC1(CCO)CCOC(C(C)C)C1. The highest BCUT2D eigenvalue weighted by Gasteiger charge is 2.36. The zero-order valence-corrected chi connectivity index (χ0v) is 9.55. The first kappa shape index (κ1) is 12.0. The van der Waals surface area contributed by atoms with Crippen molar-refractivity contribution in [2.24, 2.45) is 5.92 Å². The molecule has 2 atom stereocenters. The fourth-order valence-electron chi connectivity index (χ4n) is 2.17. The third-order valence-corrected chi connectivity index (χ3v) is 3.37. The molecule has 0 aromatic heterocycles. The predicted octanol–water partition coefficient (Wildman–Crippen LogP) is 1.16. The molecule has 0 amide bonds. The number of aliphatic hydroxyl groups excluding tert-OH is 1. The monoisotopic (exact) mass is 201 g/mol. The maximum Gasteiger partial charge on any atom is 0.0615 e. The molecule has 0 aliphatic carbocycles. The molecule has 1 heterocycles. The molecular weight excluding hydrogens is 178 g/mol. The van der Waals surface area contributed by atoms with Crippen LogP contribution in [0, 0.1) is 5.92 Å². The molecule has 1 fully saturated rings. The second kappa shape index (κ2) is 5.10. The summed E-state index contributed by atoms with van der Waals surface area (Å²) >= 11 is 0. The largest absolute Gasteiger partial charge is 0.396 e. The molecule has 0 aromatic carbocycles. The van der Waals surface area contributed by atoms with E-state index >= 15 is 0 Å². The van der Waals surface area contributed by atoms with Gasteiger partial charge >= 0.3 is 0 Å². The van der Waals surface area contributed by atoms with Gasteiger partial charge in [-0.05, 0) is 32.2 Å². The van der Waals surface area contributed by atoms with E-state index in [9.17, 15) is 0 Å². The Morgan fingerprint density at radius 3 is 2.79 bits per heavy atom. The van der Waals surface area contributed by atoms with Crippen molar-refractivity contribution < 1.29 is 9.84 Å². The van der Waals surface area contributed by atoms with Gasteiger partial charge in [0.1, 0.15) is 0 Å². The van der Waals surface area contributed by atoms with Gasteiger partial charge in [-0.15, -0.1) is 0 Å². The number of rotatable bonds is 4. The maximum atomic E-state index is 9.06. The highest BCUT2D eigenvalue weighted by atomic mass is 16.5. The second-order valence-electron chi connectivity index (χ2n) is 4.61. The maximum absolute atomic E-state index is 9.06. The fourth-order valence-corrected chi connectivity index (χ4v) is 2.17. The standard InChI is InChI=1S/C11H23NO2/c1-9(2)10-8-11(12-3,4-6-13)5-7-14-10/h9-10,12-13H,4-8H2,1-3H3. The van der Waals surface area contributed by atoms with Crippen molar-refractivity contribution in [3.63, 3.8) is 0 Å². The lowest BCUT2D eigenvalue weighted by molar-refractivity contribution is -0.0547. The lowest BCUT2D eigenvalue weighted by Crippen LogP contribution is -2.51. The number of hydrogen-bond acceptors (Lipinski definition) is 3. The van der Waals surface area contributed by atoms with Crippen LogP contribution in [-0.2, 0) is 4.74 Å². The molecule has 3 nitrogen and oxygen atoms in total. The van der Waals surface area contributed by atoms with Crippen LogP contribution in [0.3, 0.4) is 0 Å². The minimum absolute atomic E-state index is 0.0991. The van der Waals surface area contributed by atoms with Crippen LogP contribution in [0.25, 0.3) is 0 Å². The summed E-state index contributed by atoms with van der Waals surface area (Å²) in [5.74, 6) is 0.557. The Balaban J connectivity index is 2.59. The summed E-state index contributed by atoms with van der Waals surface area (Å²) in [6.45, 7) is 5.44. The molecule has 0 saturated carbocycles. The summed E-state index contributed by atoms with van der Waals surface area (Å²) in [5, 5.41) is 12.4. The first-order chi connectivity index (χ1) is 6.63. The van der Waals surface area contributed by atoms with Crippen molar-refractivity contribution >= 4 is 0 Å². The van der Waals surface area contributed by atoms with Gasteiger partial charge in [0.2, 0.25) is 0 Å². The van der Waals surface area contributed by atoms with Crippen LogP contribution in [0.15, 0.2) is 0 Å². The minimum Gasteiger partial charge on any atom is -0.396 e. The van der Waals surface area contributed by atoms with Crippen LogP contribution in [0.2, 0.25) is 0 Å². The van der Waals surface area contributed by atoms with Crippen LogP contribution in [0.1, 0.15) is 33.1 Å². The Hall–Kier alpha value is -0.120. The molecule has 1 rings (SSSR count). The normalized spacial score (nSPS) is 33.6. The molecule has 2 unspecified atom stereocenters. The van der Waals surface area contributed by atoms with Crippen LogP contribution < -0.4 is 5.32 Å². The van der Waals surface area contributed by atoms with Crippen LogP contribution in [-0.4, -0.2) is 37.0 Å².